The van der Waals surface area contributed by atoms with Crippen LogP contribution in [-0.4, -0.2) is 48.3 Å². The van der Waals surface area contributed by atoms with Gasteiger partial charge in [0.2, 0.25) is 0 Å². The monoisotopic (exact) mass is 341 g/mol. The lowest BCUT2D eigenvalue weighted by Gasteiger charge is -2.24. The van der Waals surface area contributed by atoms with Gasteiger partial charge in [0.1, 0.15) is 23.9 Å². The zero-order valence-corrected chi connectivity index (χ0v) is 14.1. The van der Waals surface area contributed by atoms with Crippen molar-refractivity contribution < 1.29 is 14.6 Å². The van der Waals surface area contributed by atoms with Crippen LogP contribution in [0.15, 0.2) is 48.5 Å². The third kappa shape index (κ3) is 4.48. The van der Waals surface area contributed by atoms with Crippen molar-refractivity contribution in [2.24, 2.45) is 0 Å². The second-order valence-electron chi connectivity index (χ2n) is 5.97. The van der Waals surface area contributed by atoms with Crippen molar-refractivity contribution >= 4 is 11.7 Å². The molecular weight excluding hydrogens is 318 g/mol. The molecule has 2 aromatic rings. The van der Waals surface area contributed by atoms with Crippen LogP contribution in [-0.2, 0) is 0 Å². The van der Waals surface area contributed by atoms with E-state index < -0.39 is 0 Å². The first kappa shape index (κ1) is 17.2. The molecule has 132 valence electrons. The van der Waals surface area contributed by atoms with E-state index in [4.69, 9.17) is 4.74 Å². The number of nitrogens with one attached hydrogen (secondary N) is 1. The first-order valence-electron chi connectivity index (χ1n) is 8.58. The topological polar surface area (TPSA) is 74.7 Å². The van der Waals surface area contributed by atoms with Crippen LogP contribution >= 0.6 is 0 Å². The molecule has 6 heteroatoms. The maximum absolute atomic E-state index is 12.3. The quantitative estimate of drug-likeness (QED) is 0.752. The van der Waals surface area contributed by atoms with Gasteiger partial charge in [-0.15, -0.1) is 0 Å². The Morgan fingerprint density at radius 2 is 2.08 bits per heavy atom. The van der Waals surface area contributed by atoms with Crippen LogP contribution in [0.3, 0.4) is 0 Å². The summed E-state index contributed by atoms with van der Waals surface area (Å²) in [5.74, 6) is 1.30. The highest BCUT2D eigenvalue weighted by Gasteiger charge is 2.25. The molecule has 0 aliphatic carbocycles. The molecule has 2 heterocycles. The Kier molecular flexibility index (Phi) is 5.85. The SMILES string of the molecule is O=C(NCCOc1ccccc1)c1cccc(N2CCCC2CO)n1. The third-order valence-electron chi connectivity index (χ3n) is 4.25. The number of pyridine rings is 1. The molecule has 3 rings (SSSR count). The molecule has 0 saturated carbocycles. The van der Waals surface area contributed by atoms with Crippen molar-refractivity contribution in [3.05, 3.63) is 54.2 Å². The smallest absolute Gasteiger partial charge is 0.270 e. The molecule has 1 aliphatic heterocycles. The molecule has 1 fully saturated rings. The molecule has 0 spiro atoms. The van der Waals surface area contributed by atoms with E-state index in [-0.39, 0.29) is 18.6 Å². The van der Waals surface area contributed by atoms with Gasteiger partial charge < -0.3 is 20.1 Å². The van der Waals surface area contributed by atoms with Gasteiger partial charge >= 0.3 is 0 Å². The normalized spacial score (nSPS) is 16.7. The molecular formula is C19H23N3O3. The largest absolute Gasteiger partial charge is 0.492 e. The highest BCUT2D eigenvalue weighted by atomic mass is 16.5. The highest BCUT2D eigenvalue weighted by molar-refractivity contribution is 5.92. The number of hydrogen-bond acceptors (Lipinski definition) is 5. The van der Waals surface area contributed by atoms with Gasteiger partial charge in [0.15, 0.2) is 0 Å². The lowest BCUT2D eigenvalue weighted by molar-refractivity contribution is 0.0942. The Morgan fingerprint density at radius 3 is 2.88 bits per heavy atom. The third-order valence-corrected chi connectivity index (χ3v) is 4.25. The Labute approximate surface area is 147 Å². The summed E-state index contributed by atoms with van der Waals surface area (Å²) in [4.78, 5) is 18.8. The number of carbonyl (C=O) groups is 1. The standard InChI is InChI=1S/C19H23N3O3/c23-14-15-6-5-12-22(15)18-10-4-9-17(21-18)19(24)20-11-13-25-16-7-2-1-3-8-16/h1-4,7-10,15,23H,5-6,11-14H2,(H,20,24). The Balaban J connectivity index is 1.53. The minimum atomic E-state index is -0.224. The van der Waals surface area contributed by atoms with Gasteiger partial charge in [-0.25, -0.2) is 4.98 Å². The second-order valence-corrected chi connectivity index (χ2v) is 5.97. The van der Waals surface area contributed by atoms with Gasteiger partial charge in [-0.3, -0.25) is 4.79 Å². The van der Waals surface area contributed by atoms with Gasteiger partial charge in [0.05, 0.1) is 19.2 Å². The molecule has 1 aromatic heterocycles. The average Bonchev–Trinajstić information content (AvgIpc) is 3.15. The molecule has 1 unspecified atom stereocenters. The first-order valence-corrected chi connectivity index (χ1v) is 8.58. The number of hydrogen-bond donors (Lipinski definition) is 2. The number of carbonyl (C=O) groups excluding carboxylic acids is 1. The summed E-state index contributed by atoms with van der Waals surface area (Å²) >= 11 is 0. The number of ether oxygens (including phenoxy) is 1. The van der Waals surface area contributed by atoms with E-state index in [1.54, 1.807) is 6.07 Å². The minimum Gasteiger partial charge on any atom is -0.492 e. The molecule has 1 atom stereocenters. The van der Waals surface area contributed by atoms with Crippen LogP contribution in [0, 0.1) is 0 Å². The first-order chi connectivity index (χ1) is 12.3. The molecule has 2 N–H and O–H groups in total. The van der Waals surface area contributed by atoms with Crippen molar-refractivity contribution in [1.82, 2.24) is 10.3 Å². The number of aromatic nitrogens is 1. The zero-order valence-electron chi connectivity index (χ0n) is 14.1. The highest BCUT2D eigenvalue weighted by Crippen LogP contribution is 2.23. The fraction of sp³-hybridized carbons (Fsp3) is 0.368. The number of aliphatic hydroxyl groups is 1. The fourth-order valence-corrected chi connectivity index (χ4v) is 2.98. The van der Waals surface area contributed by atoms with Crippen LogP contribution in [0.2, 0.25) is 0 Å². The average molecular weight is 341 g/mol. The predicted molar refractivity (Wildman–Crippen MR) is 96.0 cm³/mol. The Hall–Kier alpha value is -2.60. The minimum absolute atomic E-state index is 0.0880. The number of nitrogens with zero attached hydrogens (tertiary/aromatic N) is 2. The maximum Gasteiger partial charge on any atom is 0.270 e. The van der Waals surface area contributed by atoms with E-state index in [0.717, 1.165) is 31.0 Å². The molecule has 0 radical (unpaired) electrons. The lowest BCUT2D eigenvalue weighted by Crippen LogP contribution is -2.34. The fourth-order valence-electron chi connectivity index (χ4n) is 2.98. The van der Waals surface area contributed by atoms with Crippen LogP contribution in [0.1, 0.15) is 23.3 Å². The molecule has 1 aliphatic rings. The van der Waals surface area contributed by atoms with Gasteiger partial charge in [-0.1, -0.05) is 24.3 Å². The number of para-hydroxylation sites is 1. The van der Waals surface area contributed by atoms with E-state index in [1.807, 2.05) is 42.5 Å². The van der Waals surface area contributed by atoms with E-state index in [0.29, 0.717) is 18.8 Å². The van der Waals surface area contributed by atoms with Crippen LogP contribution in [0.5, 0.6) is 5.75 Å². The summed E-state index contributed by atoms with van der Waals surface area (Å²) in [5, 5.41) is 12.3. The molecule has 6 nitrogen and oxygen atoms in total. The summed E-state index contributed by atoms with van der Waals surface area (Å²) in [6.07, 6.45) is 1.98. The molecule has 1 saturated heterocycles. The molecule has 1 amide bonds. The zero-order chi connectivity index (χ0) is 17.5. The van der Waals surface area contributed by atoms with Crippen LogP contribution in [0.25, 0.3) is 0 Å². The van der Waals surface area contributed by atoms with Gasteiger partial charge in [0, 0.05) is 6.54 Å². The van der Waals surface area contributed by atoms with Gasteiger partial charge in [0.25, 0.3) is 5.91 Å². The number of benzene rings is 1. The lowest BCUT2D eigenvalue weighted by atomic mass is 10.2. The van der Waals surface area contributed by atoms with E-state index in [9.17, 15) is 9.90 Å². The molecule has 25 heavy (non-hydrogen) atoms. The summed E-state index contributed by atoms with van der Waals surface area (Å²) in [6.45, 7) is 1.76. The van der Waals surface area contributed by atoms with E-state index in [2.05, 4.69) is 15.2 Å². The number of rotatable bonds is 7. The van der Waals surface area contributed by atoms with Gasteiger partial charge in [-0.2, -0.15) is 0 Å². The van der Waals surface area contributed by atoms with Crippen LogP contribution in [0.4, 0.5) is 5.82 Å². The number of aliphatic hydroxyl groups excluding tert-OH is 1. The summed E-state index contributed by atoms with van der Waals surface area (Å²) in [7, 11) is 0. The van der Waals surface area contributed by atoms with Crippen LogP contribution < -0.4 is 15.0 Å². The van der Waals surface area contributed by atoms with Gasteiger partial charge in [-0.05, 0) is 37.1 Å². The predicted octanol–water partition coefficient (Wildman–Crippen LogP) is 1.85. The van der Waals surface area contributed by atoms with E-state index >= 15 is 0 Å². The number of amides is 1. The summed E-state index contributed by atoms with van der Waals surface area (Å²) in [5.41, 5.74) is 0.376. The van der Waals surface area contributed by atoms with E-state index in [1.165, 1.54) is 0 Å². The van der Waals surface area contributed by atoms with Crippen molar-refractivity contribution in [3.8, 4) is 5.75 Å². The summed E-state index contributed by atoms with van der Waals surface area (Å²) < 4.78 is 5.55. The second kappa shape index (κ2) is 8.48. The molecule has 1 aromatic carbocycles. The Morgan fingerprint density at radius 1 is 1.24 bits per heavy atom. The maximum atomic E-state index is 12.3. The summed E-state index contributed by atoms with van der Waals surface area (Å²) in [6, 6.07) is 15.0. The van der Waals surface area contributed by atoms with Crippen molar-refractivity contribution in [2.45, 2.75) is 18.9 Å². The Bertz CT molecular complexity index is 693. The van der Waals surface area contributed by atoms with Crippen molar-refractivity contribution in [2.75, 3.05) is 31.2 Å². The van der Waals surface area contributed by atoms with Crippen molar-refractivity contribution in [1.29, 1.82) is 0 Å². The van der Waals surface area contributed by atoms with Crippen molar-refractivity contribution in [3.63, 3.8) is 0 Å². The number of anilines is 1. The molecule has 0 bridgehead atoms.